The zero-order valence-corrected chi connectivity index (χ0v) is 11.9. The standard InChI is InChI=1S/2C7H7NO2.Fe/c2*8-6-4-2-1-3-5(6)7(9)10;/h2*1-4H,8H2,(H,9,10);. The normalized spacial score (nSPS) is 8.76. The molecule has 6 nitrogen and oxygen atoms in total. The Labute approximate surface area is 131 Å². The minimum Gasteiger partial charge on any atom is -0.478 e. The number of nitrogens with two attached hydrogens (primary N) is 2. The molecule has 2 aromatic carbocycles. The summed E-state index contributed by atoms with van der Waals surface area (Å²) in [5, 5.41) is 17.0. The fourth-order valence-corrected chi connectivity index (χ4v) is 1.38. The Kier molecular flexibility index (Phi) is 7.60. The maximum absolute atomic E-state index is 10.3. The van der Waals surface area contributed by atoms with Crippen molar-refractivity contribution in [3.8, 4) is 0 Å². The molecule has 0 saturated carbocycles. The zero-order valence-electron chi connectivity index (χ0n) is 10.8. The Morgan fingerprint density at radius 2 is 1.00 bits per heavy atom. The maximum Gasteiger partial charge on any atom is 0.337 e. The van der Waals surface area contributed by atoms with Crippen LogP contribution in [0.4, 0.5) is 11.4 Å². The van der Waals surface area contributed by atoms with E-state index in [9.17, 15) is 9.59 Å². The van der Waals surface area contributed by atoms with Gasteiger partial charge >= 0.3 is 11.9 Å². The van der Waals surface area contributed by atoms with Gasteiger partial charge in [0.15, 0.2) is 0 Å². The number of carboxylic acids is 2. The summed E-state index contributed by atoms with van der Waals surface area (Å²) in [6.07, 6.45) is 0. The van der Waals surface area contributed by atoms with Crippen LogP contribution in [0.3, 0.4) is 0 Å². The third-order valence-corrected chi connectivity index (χ3v) is 2.38. The van der Waals surface area contributed by atoms with E-state index >= 15 is 0 Å². The van der Waals surface area contributed by atoms with Crippen LogP contribution < -0.4 is 11.5 Å². The molecule has 0 aliphatic rings. The van der Waals surface area contributed by atoms with Gasteiger partial charge in [-0.25, -0.2) is 9.59 Å². The summed E-state index contributed by atoms with van der Waals surface area (Å²) in [5.74, 6) is -1.98. The molecule has 0 radical (unpaired) electrons. The molecular formula is C14H14FeN2O4. The molecule has 0 saturated heterocycles. The molecule has 6 N–H and O–H groups in total. The number of nitrogen functional groups attached to an aromatic ring is 2. The SMILES string of the molecule is Nc1ccccc1C(=O)O.Nc1ccccc1C(=O)O.[Fe]. The van der Waals surface area contributed by atoms with Gasteiger partial charge in [0.25, 0.3) is 0 Å². The fourth-order valence-electron chi connectivity index (χ4n) is 1.38. The fraction of sp³-hybridized carbons (Fsp3) is 0. The third kappa shape index (κ3) is 5.56. The van der Waals surface area contributed by atoms with Gasteiger partial charge in [-0.3, -0.25) is 0 Å². The predicted molar refractivity (Wildman–Crippen MR) is 75.6 cm³/mol. The minimum absolute atomic E-state index is 0. The molecule has 2 aromatic rings. The molecule has 21 heavy (non-hydrogen) atoms. The van der Waals surface area contributed by atoms with Crippen molar-refractivity contribution >= 4 is 23.3 Å². The maximum atomic E-state index is 10.3. The Hall–Kier alpha value is -2.50. The first-order chi connectivity index (χ1) is 9.43. The molecule has 0 bridgehead atoms. The van der Waals surface area contributed by atoms with Crippen molar-refractivity contribution in [1.29, 1.82) is 0 Å². The number of para-hydroxylation sites is 2. The first-order valence-corrected chi connectivity index (χ1v) is 5.59. The second-order valence-electron chi connectivity index (χ2n) is 3.78. The van der Waals surface area contributed by atoms with Gasteiger partial charge < -0.3 is 21.7 Å². The second kappa shape index (κ2) is 8.63. The monoisotopic (exact) mass is 330 g/mol. The van der Waals surface area contributed by atoms with Crippen molar-refractivity contribution in [2.75, 3.05) is 11.5 Å². The summed E-state index contributed by atoms with van der Waals surface area (Å²) in [6.45, 7) is 0. The summed E-state index contributed by atoms with van der Waals surface area (Å²) in [7, 11) is 0. The van der Waals surface area contributed by atoms with Crippen LogP contribution >= 0.6 is 0 Å². The summed E-state index contributed by atoms with van der Waals surface area (Å²) in [6, 6.07) is 12.7. The summed E-state index contributed by atoms with van der Waals surface area (Å²) >= 11 is 0. The molecule has 2 rings (SSSR count). The van der Waals surface area contributed by atoms with Crippen molar-refractivity contribution in [2.45, 2.75) is 0 Å². The number of carbonyl (C=O) groups is 2. The number of rotatable bonds is 2. The Morgan fingerprint density at radius 3 is 1.19 bits per heavy atom. The van der Waals surface area contributed by atoms with Gasteiger partial charge in [-0.15, -0.1) is 0 Å². The Morgan fingerprint density at radius 1 is 0.714 bits per heavy atom. The van der Waals surface area contributed by atoms with Crippen LogP contribution in [-0.4, -0.2) is 22.2 Å². The quantitative estimate of drug-likeness (QED) is 0.492. The number of carboxylic acid groups (broad SMARTS) is 2. The predicted octanol–water partition coefficient (Wildman–Crippen LogP) is 1.93. The molecule has 0 atom stereocenters. The van der Waals surface area contributed by atoms with Crippen molar-refractivity contribution in [1.82, 2.24) is 0 Å². The van der Waals surface area contributed by atoms with E-state index in [1.807, 2.05) is 0 Å². The Bertz CT molecular complexity index is 576. The Balaban J connectivity index is 0.000000364. The van der Waals surface area contributed by atoms with Gasteiger partial charge in [0.05, 0.1) is 11.1 Å². The van der Waals surface area contributed by atoms with Crippen molar-refractivity contribution in [3.63, 3.8) is 0 Å². The van der Waals surface area contributed by atoms with E-state index < -0.39 is 11.9 Å². The van der Waals surface area contributed by atoms with E-state index in [4.69, 9.17) is 21.7 Å². The molecule has 0 unspecified atom stereocenters. The molecule has 0 spiro atoms. The smallest absolute Gasteiger partial charge is 0.337 e. The zero-order chi connectivity index (χ0) is 15.1. The van der Waals surface area contributed by atoms with Crippen LogP contribution in [0.15, 0.2) is 48.5 Å². The van der Waals surface area contributed by atoms with Gasteiger partial charge in [-0.2, -0.15) is 0 Å². The van der Waals surface area contributed by atoms with E-state index in [1.54, 1.807) is 36.4 Å². The number of aromatic carboxylic acids is 2. The van der Waals surface area contributed by atoms with Crippen LogP contribution in [0.25, 0.3) is 0 Å². The van der Waals surface area contributed by atoms with Crippen LogP contribution in [0.1, 0.15) is 20.7 Å². The number of hydrogen-bond donors (Lipinski definition) is 4. The third-order valence-electron chi connectivity index (χ3n) is 2.38. The molecule has 0 aliphatic heterocycles. The van der Waals surface area contributed by atoms with Gasteiger partial charge in [-0.1, -0.05) is 24.3 Å². The van der Waals surface area contributed by atoms with Gasteiger partial charge in [0, 0.05) is 28.4 Å². The minimum atomic E-state index is -0.988. The first kappa shape index (κ1) is 18.5. The molecule has 0 aromatic heterocycles. The van der Waals surface area contributed by atoms with Crippen molar-refractivity contribution in [3.05, 3.63) is 59.7 Å². The largest absolute Gasteiger partial charge is 0.478 e. The van der Waals surface area contributed by atoms with Crippen LogP contribution in [-0.2, 0) is 17.1 Å². The van der Waals surface area contributed by atoms with E-state index in [0.717, 1.165) is 0 Å². The average Bonchev–Trinajstić information content (AvgIpc) is 2.40. The number of hydrogen-bond acceptors (Lipinski definition) is 4. The van der Waals surface area contributed by atoms with Crippen molar-refractivity contribution in [2.24, 2.45) is 0 Å². The summed E-state index contributed by atoms with van der Waals surface area (Å²) < 4.78 is 0. The van der Waals surface area contributed by atoms with E-state index in [1.165, 1.54) is 12.1 Å². The van der Waals surface area contributed by atoms with Crippen LogP contribution in [0.5, 0.6) is 0 Å². The summed E-state index contributed by atoms with van der Waals surface area (Å²) in [5.41, 5.74) is 11.6. The molecule has 0 heterocycles. The van der Waals surface area contributed by atoms with Crippen LogP contribution in [0.2, 0.25) is 0 Å². The number of anilines is 2. The average molecular weight is 330 g/mol. The van der Waals surface area contributed by atoms with E-state index in [0.29, 0.717) is 11.4 Å². The second-order valence-corrected chi connectivity index (χ2v) is 3.78. The number of benzene rings is 2. The van der Waals surface area contributed by atoms with Crippen LogP contribution in [0, 0.1) is 0 Å². The molecule has 112 valence electrons. The molecular weight excluding hydrogens is 316 g/mol. The summed E-state index contributed by atoms with van der Waals surface area (Å²) in [4.78, 5) is 20.7. The van der Waals surface area contributed by atoms with E-state index in [-0.39, 0.29) is 28.2 Å². The van der Waals surface area contributed by atoms with Crippen molar-refractivity contribution < 1.29 is 36.9 Å². The molecule has 0 fully saturated rings. The van der Waals surface area contributed by atoms with Gasteiger partial charge in [0.1, 0.15) is 0 Å². The molecule has 7 heteroatoms. The first-order valence-electron chi connectivity index (χ1n) is 5.59. The van der Waals surface area contributed by atoms with E-state index in [2.05, 4.69) is 0 Å². The van der Waals surface area contributed by atoms with Gasteiger partial charge in [0.2, 0.25) is 0 Å². The topological polar surface area (TPSA) is 127 Å². The van der Waals surface area contributed by atoms with Gasteiger partial charge in [-0.05, 0) is 24.3 Å². The molecule has 0 aliphatic carbocycles. The molecule has 0 amide bonds.